The van der Waals surface area contributed by atoms with Gasteiger partial charge in [0.25, 0.3) is 0 Å². The van der Waals surface area contributed by atoms with E-state index in [1.54, 1.807) is 6.33 Å². The molecule has 19 heavy (non-hydrogen) atoms. The van der Waals surface area contributed by atoms with Gasteiger partial charge in [0.1, 0.15) is 18.0 Å². The SMILES string of the molecule is CN(CC1CC1)c1cc(N2CCC[C@H]2CO)ncn1. The van der Waals surface area contributed by atoms with E-state index in [4.69, 9.17) is 0 Å². The second kappa shape index (κ2) is 5.33. The Labute approximate surface area is 114 Å². The molecule has 1 atom stereocenters. The lowest BCUT2D eigenvalue weighted by atomic mass is 10.2. The normalized spacial score (nSPS) is 22.8. The Morgan fingerprint density at radius 2 is 2.21 bits per heavy atom. The summed E-state index contributed by atoms with van der Waals surface area (Å²) in [6, 6.07) is 2.27. The fourth-order valence-electron chi connectivity index (χ4n) is 2.81. The van der Waals surface area contributed by atoms with Gasteiger partial charge in [0.15, 0.2) is 0 Å². The van der Waals surface area contributed by atoms with Crippen LogP contribution in [0.2, 0.25) is 0 Å². The zero-order chi connectivity index (χ0) is 13.2. The molecule has 0 spiro atoms. The number of aliphatic hydroxyl groups is 1. The van der Waals surface area contributed by atoms with E-state index in [0.29, 0.717) is 0 Å². The molecule has 1 saturated carbocycles. The van der Waals surface area contributed by atoms with E-state index in [2.05, 4.69) is 32.9 Å². The van der Waals surface area contributed by atoms with Crippen LogP contribution in [0.15, 0.2) is 12.4 Å². The van der Waals surface area contributed by atoms with Gasteiger partial charge < -0.3 is 14.9 Å². The Morgan fingerprint density at radius 3 is 2.95 bits per heavy atom. The molecule has 1 aliphatic carbocycles. The van der Waals surface area contributed by atoms with Gasteiger partial charge in [-0.3, -0.25) is 0 Å². The summed E-state index contributed by atoms with van der Waals surface area (Å²) < 4.78 is 0. The fourth-order valence-corrected chi connectivity index (χ4v) is 2.81. The fraction of sp³-hybridized carbons (Fsp3) is 0.714. The number of hydrogen-bond acceptors (Lipinski definition) is 5. The van der Waals surface area contributed by atoms with Crippen LogP contribution in [0.1, 0.15) is 25.7 Å². The van der Waals surface area contributed by atoms with Crippen molar-refractivity contribution in [2.24, 2.45) is 5.92 Å². The molecule has 0 radical (unpaired) electrons. The number of aliphatic hydroxyl groups excluding tert-OH is 1. The van der Waals surface area contributed by atoms with Crippen LogP contribution in [-0.4, -0.2) is 47.9 Å². The lowest BCUT2D eigenvalue weighted by molar-refractivity contribution is 0.266. The van der Waals surface area contributed by atoms with Crippen LogP contribution in [0.25, 0.3) is 0 Å². The van der Waals surface area contributed by atoms with Crippen molar-refractivity contribution >= 4 is 11.6 Å². The summed E-state index contributed by atoms with van der Waals surface area (Å²) >= 11 is 0. The predicted octanol–water partition coefficient (Wildman–Crippen LogP) is 1.28. The van der Waals surface area contributed by atoms with Crippen LogP contribution in [0.3, 0.4) is 0 Å². The minimum Gasteiger partial charge on any atom is -0.394 e. The Hall–Kier alpha value is -1.36. The quantitative estimate of drug-likeness (QED) is 0.866. The molecule has 5 nitrogen and oxygen atoms in total. The van der Waals surface area contributed by atoms with Crippen molar-refractivity contribution in [3.05, 3.63) is 12.4 Å². The van der Waals surface area contributed by atoms with Gasteiger partial charge in [-0.05, 0) is 31.6 Å². The second-order valence-electron chi connectivity index (χ2n) is 5.73. The van der Waals surface area contributed by atoms with E-state index in [1.807, 2.05) is 0 Å². The Bertz CT molecular complexity index is 435. The maximum Gasteiger partial charge on any atom is 0.134 e. The third-order valence-corrected chi connectivity index (χ3v) is 4.14. The van der Waals surface area contributed by atoms with Crippen LogP contribution < -0.4 is 9.80 Å². The maximum absolute atomic E-state index is 9.41. The molecule has 2 heterocycles. The monoisotopic (exact) mass is 262 g/mol. The number of hydrogen-bond donors (Lipinski definition) is 1. The van der Waals surface area contributed by atoms with E-state index in [9.17, 15) is 5.11 Å². The van der Waals surface area contributed by atoms with Gasteiger partial charge in [-0.15, -0.1) is 0 Å². The summed E-state index contributed by atoms with van der Waals surface area (Å²) in [6.45, 7) is 2.27. The lowest BCUT2D eigenvalue weighted by Gasteiger charge is -2.25. The molecule has 2 aliphatic rings. The Morgan fingerprint density at radius 1 is 1.37 bits per heavy atom. The van der Waals surface area contributed by atoms with Gasteiger partial charge in [-0.25, -0.2) is 9.97 Å². The summed E-state index contributed by atoms with van der Waals surface area (Å²) in [5, 5.41) is 9.41. The van der Waals surface area contributed by atoms with Crippen LogP contribution >= 0.6 is 0 Å². The zero-order valence-corrected chi connectivity index (χ0v) is 11.5. The van der Waals surface area contributed by atoms with Crippen molar-refractivity contribution in [3.8, 4) is 0 Å². The van der Waals surface area contributed by atoms with Crippen LogP contribution in [0.5, 0.6) is 0 Å². The van der Waals surface area contributed by atoms with Gasteiger partial charge in [-0.2, -0.15) is 0 Å². The van der Waals surface area contributed by atoms with Crippen LogP contribution in [0.4, 0.5) is 11.6 Å². The van der Waals surface area contributed by atoms with E-state index in [1.165, 1.54) is 12.8 Å². The van der Waals surface area contributed by atoms with Gasteiger partial charge >= 0.3 is 0 Å². The smallest absolute Gasteiger partial charge is 0.134 e. The summed E-state index contributed by atoms with van der Waals surface area (Å²) in [5.41, 5.74) is 0. The topological polar surface area (TPSA) is 52.5 Å². The van der Waals surface area contributed by atoms with Crippen molar-refractivity contribution in [2.75, 3.05) is 36.5 Å². The van der Waals surface area contributed by atoms with Crippen LogP contribution in [-0.2, 0) is 0 Å². The van der Waals surface area contributed by atoms with Gasteiger partial charge in [0.2, 0.25) is 0 Å². The Kier molecular flexibility index (Phi) is 3.55. The third-order valence-electron chi connectivity index (χ3n) is 4.14. The molecule has 1 N–H and O–H groups in total. The lowest BCUT2D eigenvalue weighted by Crippen LogP contribution is -2.33. The van der Waals surface area contributed by atoms with Crippen LogP contribution in [0, 0.1) is 5.92 Å². The molecule has 1 saturated heterocycles. The largest absolute Gasteiger partial charge is 0.394 e. The molecule has 3 rings (SSSR count). The van der Waals surface area contributed by atoms with Crippen molar-refractivity contribution in [3.63, 3.8) is 0 Å². The van der Waals surface area contributed by atoms with Crippen molar-refractivity contribution in [2.45, 2.75) is 31.7 Å². The molecule has 2 fully saturated rings. The summed E-state index contributed by atoms with van der Waals surface area (Å²) in [5.74, 6) is 2.78. The predicted molar refractivity (Wildman–Crippen MR) is 75.5 cm³/mol. The molecule has 104 valence electrons. The highest BCUT2D eigenvalue weighted by molar-refractivity contribution is 5.51. The molecule has 0 bridgehead atoms. The Balaban J connectivity index is 1.74. The minimum absolute atomic E-state index is 0.206. The highest BCUT2D eigenvalue weighted by atomic mass is 16.3. The van der Waals surface area contributed by atoms with E-state index < -0.39 is 0 Å². The number of aromatic nitrogens is 2. The molecular weight excluding hydrogens is 240 g/mol. The molecule has 1 aromatic rings. The first-order valence-electron chi connectivity index (χ1n) is 7.18. The maximum atomic E-state index is 9.41. The summed E-state index contributed by atoms with van der Waals surface area (Å²) in [7, 11) is 2.10. The van der Waals surface area contributed by atoms with Crippen molar-refractivity contribution in [1.29, 1.82) is 0 Å². The highest BCUT2D eigenvalue weighted by Crippen LogP contribution is 2.31. The van der Waals surface area contributed by atoms with Gasteiger partial charge in [-0.1, -0.05) is 0 Å². The standard InChI is InChI=1S/C14H22N4O/c1-17(8-11-4-5-11)13-7-14(16-10-15-13)18-6-2-3-12(18)9-19/h7,10-12,19H,2-6,8-9H2,1H3/t12-/m0/s1. The molecule has 0 unspecified atom stereocenters. The zero-order valence-electron chi connectivity index (χ0n) is 11.5. The molecular formula is C14H22N4O. The van der Waals surface area contributed by atoms with Gasteiger partial charge in [0.05, 0.1) is 12.6 Å². The van der Waals surface area contributed by atoms with E-state index >= 15 is 0 Å². The number of anilines is 2. The number of rotatable bonds is 5. The highest BCUT2D eigenvalue weighted by Gasteiger charge is 2.26. The van der Waals surface area contributed by atoms with E-state index in [0.717, 1.165) is 43.5 Å². The summed E-state index contributed by atoms with van der Waals surface area (Å²) in [4.78, 5) is 13.2. The van der Waals surface area contributed by atoms with Crippen molar-refractivity contribution in [1.82, 2.24) is 9.97 Å². The first-order chi connectivity index (χ1) is 9.28. The molecule has 1 aromatic heterocycles. The molecule has 0 amide bonds. The minimum atomic E-state index is 0.206. The molecule has 0 aromatic carbocycles. The third kappa shape index (κ3) is 2.81. The van der Waals surface area contributed by atoms with E-state index in [-0.39, 0.29) is 12.6 Å². The average molecular weight is 262 g/mol. The average Bonchev–Trinajstić information content (AvgIpc) is 3.12. The molecule has 5 heteroatoms. The molecule has 1 aliphatic heterocycles. The summed E-state index contributed by atoms with van der Waals surface area (Å²) in [6.07, 6.45) is 6.51. The first-order valence-corrected chi connectivity index (χ1v) is 7.18. The van der Waals surface area contributed by atoms with Crippen molar-refractivity contribution < 1.29 is 5.11 Å². The second-order valence-corrected chi connectivity index (χ2v) is 5.73. The first kappa shape index (κ1) is 12.7. The number of nitrogens with zero attached hydrogens (tertiary/aromatic N) is 4. The van der Waals surface area contributed by atoms with Gasteiger partial charge in [0, 0.05) is 26.2 Å².